The van der Waals surface area contributed by atoms with Crippen molar-refractivity contribution in [3.8, 4) is 22.8 Å². The minimum Gasteiger partial charge on any atom is -0.496 e. The number of morpholine rings is 1. The molecule has 5 aromatic rings. The largest absolute Gasteiger partial charge is 0.496 e. The molecule has 1 aliphatic rings. The van der Waals surface area contributed by atoms with Crippen LogP contribution in [-0.2, 0) is 11.8 Å². The molecule has 0 N–H and O–H groups in total. The number of pyridine rings is 3. The lowest BCUT2D eigenvalue weighted by Crippen LogP contribution is -2.37. The van der Waals surface area contributed by atoms with Crippen LogP contribution in [0.15, 0.2) is 36.8 Å². The van der Waals surface area contributed by atoms with Gasteiger partial charge < -0.3 is 18.9 Å². The average Bonchev–Trinajstić information content (AvgIpc) is 3.44. The van der Waals surface area contributed by atoms with Crippen molar-refractivity contribution in [2.45, 2.75) is 20.8 Å². The number of hydrogen-bond acceptors (Lipinski definition) is 7. The lowest BCUT2D eigenvalue weighted by molar-refractivity contribution is 0.122. The summed E-state index contributed by atoms with van der Waals surface area (Å²) in [6.45, 7) is 9.34. The van der Waals surface area contributed by atoms with E-state index < -0.39 is 0 Å². The molecule has 0 radical (unpaired) electrons. The van der Waals surface area contributed by atoms with Gasteiger partial charge in [-0.2, -0.15) is 5.10 Å². The van der Waals surface area contributed by atoms with E-state index in [1.54, 1.807) is 19.5 Å². The fraction of sp³-hybridized carbons (Fsp3) is 0.333. The second-order valence-electron chi connectivity index (χ2n) is 9.23. The van der Waals surface area contributed by atoms with Gasteiger partial charge in [-0.15, -0.1) is 0 Å². The van der Waals surface area contributed by atoms with Gasteiger partial charge in [-0.3, -0.25) is 9.97 Å². The van der Waals surface area contributed by atoms with Crippen molar-refractivity contribution in [1.82, 2.24) is 29.3 Å². The van der Waals surface area contributed by atoms with Crippen LogP contribution in [0.2, 0.25) is 0 Å². The van der Waals surface area contributed by atoms with Crippen LogP contribution in [0.3, 0.4) is 0 Å². The molecule has 184 valence electrons. The number of hydrogen-bond donors (Lipinski definition) is 0. The van der Waals surface area contributed by atoms with E-state index in [4.69, 9.17) is 24.5 Å². The molecule has 0 saturated carbocycles. The van der Waals surface area contributed by atoms with Crippen LogP contribution in [0, 0.1) is 20.8 Å². The maximum absolute atomic E-state index is 5.62. The zero-order valence-corrected chi connectivity index (χ0v) is 21.2. The van der Waals surface area contributed by atoms with Crippen LogP contribution < -0.4 is 9.64 Å². The molecule has 6 rings (SSSR count). The van der Waals surface area contributed by atoms with E-state index in [0.29, 0.717) is 13.2 Å². The first-order valence-corrected chi connectivity index (χ1v) is 12.1. The number of fused-ring (bicyclic) bond motifs is 2. The van der Waals surface area contributed by atoms with E-state index in [9.17, 15) is 0 Å². The molecule has 1 aliphatic heterocycles. The second-order valence-corrected chi connectivity index (χ2v) is 9.23. The van der Waals surface area contributed by atoms with Crippen LogP contribution in [-0.4, -0.2) is 62.7 Å². The molecule has 0 spiro atoms. The van der Waals surface area contributed by atoms with Gasteiger partial charge >= 0.3 is 0 Å². The maximum atomic E-state index is 5.62. The Morgan fingerprint density at radius 1 is 1.00 bits per heavy atom. The van der Waals surface area contributed by atoms with Crippen LogP contribution in [0.5, 0.6) is 5.75 Å². The highest BCUT2D eigenvalue weighted by atomic mass is 16.5. The first kappa shape index (κ1) is 22.5. The average molecular weight is 484 g/mol. The fourth-order valence-electron chi connectivity index (χ4n) is 5.10. The smallest absolute Gasteiger partial charge is 0.157 e. The normalized spacial score (nSPS) is 14.2. The Kier molecular flexibility index (Phi) is 5.37. The van der Waals surface area contributed by atoms with E-state index >= 15 is 0 Å². The molecule has 9 heteroatoms. The van der Waals surface area contributed by atoms with Crippen molar-refractivity contribution in [3.63, 3.8) is 0 Å². The zero-order chi connectivity index (χ0) is 25.0. The van der Waals surface area contributed by atoms with Gasteiger partial charge in [0.25, 0.3) is 0 Å². The number of rotatable bonds is 4. The van der Waals surface area contributed by atoms with Gasteiger partial charge in [0, 0.05) is 54.7 Å². The number of methoxy groups -OCH3 is 1. The summed E-state index contributed by atoms with van der Waals surface area (Å²) in [6.07, 6.45) is 5.36. The van der Waals surface area contributed by atoms with Crippen molar-refractivity contribution in [2.75, 3.05) is 38.3 Å². The molecule has 0 atom stereocenters. The summed E-state index contributed by atoms with van der Waals surface area (Å²) in [5.41, 5.74) is 7.08. The predicted octanol–water partition coefficient (Wildman–Crippen LogP) is 4.14. The van der Waals surface area contributed by atoms with Gasteiger partial charge in [0.05, 0.1) is 48.8 Å². The highest BCUT2D eigenvalue weighted by Crippen LogP contribution is 2.35. The Labute approximate surface area is 209 Å². The molecule has 0 aliphatic carbocycles. The van der Waals surface area contributed by atoms with Gasteiger partial charge in [-0.05, 0) is 44.5 Å². The third-order valence-corrected chi connectivity index (χ3v) is 7.31. The third-order valence-electron chi connectivity index (χ3n) is 7.31. The predicted molar refractivity (Wildman–Crippen MR) is 140 cm³/mol. The van der Waals surface area contributed by atoms with E-state index in [1.165, 1.54) is 16.6 Å². The van der Waals surface area contributed by atoms with E-state index in [0.717, 1.165) is 63.8 Å². The number of anilines is 1. The van der Waals surface area contributed by atoms with Gasteiger partial charge in [0.1, 0.15) is 5.75 Å². The molecule has 6 heterocycles. The number of aryl methyl sites for hydroxylation is 3. The summed E-state index contributed by atoms with van der Waals surface area (Å²) in [7, 11) is 3.77. The molecule has 5 aromatic heterocycles. The van der Waals surface area contributed by atoms with E-state index in [1.807, 2.05) is 29.9 Å². The second kappa shape index (κ2) is 8.60. The first-order chi connectivity index (χ1) is 17.5. The van der Waals surface area contributed by atoms with Gasteiger partial charge in [0.2, 0.25) is 0 Å². The Morgan fingerprint density at radius 3 is 2.58 bits per heavy atom. The summed E-state index contributed by atoms with van der Waals surface area (Å²) >= 11 is 0. The van der Waals surface area contributed by atoms with Crippen molar-refractivity contribution in [1.29, 1.82) is 0 Å². The Balaban J connectivity index is 1.59. The van der Waals surface area contributed by atoms with Crippen LogP contribution in [0.4, 0.5) is 5.82 Å². The quantitative estimate of drug-likeness (QED) is 0.380. The fourth-order valence-corrected chi connectivity index (χ4v) is 5.10. The Morgan fingerprint density at radius 2 is 1.81 bits per heavy atom. The SMILES string of the molecule is COc1ccncc1-c1cc2c(cnn2-c2cc3c(C)c(C)n(C)c3c(N3CCOCC3)n2)c(C)n1. The van der Waals surface area contributed by atoms with Crippen molar-refractivity contribution in [2.24, 2.45) is 7.05 Å². The topological polar surface area (TPSA) is 83.1 Å². The molecule has 0 aromatic carbocycles. The molecule has 0 bridgehead atoms. The van der Waals surface area contributed by atoms with Crippen LogP contribution >= 0.6 is 0 Å². The molecule has 0 amide bonds. The summed E-state index contributed by atoms with van der Waals surface area (Å²) in [5, 5.41) is 6.94. The molecular formula is C27H29N7O2. The minimum absolute atomic E-state index is 0.696. The van der Waals surface area contributed by atoms with Crippen molar-refractivity contribution in [3.05, 3.63) is 53.7 Å². The standard InChI is InChI=1S/C27H29N7O2/c1-16-18(3)32(4)26-19(16)12-25(31-27(26)33-8-10-36-11-9-33)34-23-13-22(30-17(2)20(23)15-29-34)21-14-28-7-6-24(21)35-5/h6-7,12-15H,8-11H2,1-5H3. The Bertz CT molecular complexity index is 1610. The lowest BCUT2D eigenvalue weighted by atomic mass is 10.1. The van der Waals surface area contributed by atoms with Crippen LogP contribution in [0.25, 0.3) is 38.9 Å². The molecule has 36 heavy (non-hydrogen) atoms. The molecule has 1 fully saturated rings. The summed E-state index contributed by atoms with van der Waals surface area (Å²) in [4.78, 5) is 16.6. The maximum Gasteiger partial charge on any atom is 0.157 e. The van der Waals surface area contributed by atoms with Gasteiger partial charge in [-0.1, -0.05) is 0 Å². The first-order valence-electron chi connectivity index (χ1n) is 12.1. The highest BCUT2D eigenvalue weighted by Gasteiger charge is 2.23. The zero-order valence-electron chi connectivity index (χ0n) is 21.2. The minimum atomic E-state index is 0.696. The molecule has 9 nitrogen and oxygen atoms in total. The summed E-state index contributed by atoms with van der Waals surface area (Å²) in [6, 6.07) is 6.03. The van der Waals surface area contributed by atoms with E-state index in [-0.39, 0.29) is 0 Å². The third kappa shape index (κ3) is 3.42. The van der Waals surface area contributed by atoms with Gasteiger partial charge in [-0.25, -0.2) is 9.67 Å². The number of ether oxygens (including phenoxy) is 2. The summed E-state index contributed by atoms with van der Waals surface area (Å²) in [5.74, 6) is 2.47. The van der Waals surface area contributed by atoms with Crippen molar-refractivity contribution >= 4 is 27.6 Å². The van der Waals surface area contributed by atoms with Gasteiger partial charge in [0.15, 0.2) is 11.6 Å². The molecular weight excluding hydrogens is 454 g/mol. The van der Waals surface area contributed by atoms with Crippen molar-refractivity contribution < 1.29 is 9.47 Å². The lowest BCUT2D eigenvalue weighted by Gasteiger charge is -2.29. The van der Waals surface area contributed by atoms with E-state index in [2.05, 4.69) is 41.4 Å². The number of aromatic nitrogens is 6. The highest BCUT2D eigenvalue weighted by molar-refractivity contribution is 5.95. The monoisotopic (exact) mass is 483 g/mol. The molecule has 1 saturated heterocycles. The summed E-state index contributed by atoms with van der Waals surface area (Å²) < 4.78 is 15.4. The molecule has 0 unspecified atom stereocenters. The Hall–Kier alpha value is -3.98. The van der Waals surface area contributed by atoms with Crippen LogP contribution in [0.1, 0.15) is 17.0 Å². The number of nitrogens with zero attached hydrogens (tertiary/aromatic N) is 7.